The summed E-state index contributed by atoms with van der Waals surface area (Å²) in [4.78, 5) is 8.86. The summed E-state index contributed by atoms with van der Waals surface area (Å²) in [5.41, 5.74) is 0.0120. The Labute approximate surface area is 127 Å². The molecule has 1 aromatic heterocycles. The van der Waals surface area contributed by atoms with Gasteiger partial charge >= 0.3 is 0 Å². The second-order valence-corrected chi connectivity index (χ2v) is 5.91. The smallest absolute Gasteiger partial charge is 0.158 e. The number of anilines is 2. The van der Waals surface area contributed by atoms with Crippen molar-refractivity contribution in [1.29, 1.82) is 0 Å². The van der Waals surface area contributed by atoms with Crippen molar-refractivity contribution in [2.45, 2.75) is 40.2 Å². The molecule has 0 atom stereocenters. The Kier molecular flexibility index (Phi) is 7.39. The maximum absolute atomic E-state index is 9.07. The van der Waals surface area contributed by atoms with Gasteiger partial charge in [-0.25, -0.2) is 9.97 Å². The minimum Gasteiger partial charge on any atom is -0.396 e. The van der Waals surface area contributed by atoms with E-state index in [0.717, 1.165) is 37.6 Å². The van der Waals surface area contributed by atoms with Crippen LogP contribution in [0, 0.1) is 5.41 Å². The number of nitrogens with one attached hydrogen (secondary N) is 2. The standard InChI is InChI=1S/C15H28N4O2/c1-5-7-16-12-9-13(19-14(18-12)10-21-4)17-11-15(2,3)6-8-20/h9,20H,5-8,10-11H2,1-4H3,(H2,16,17,18,19). The van der Waals surface area contributed by atoms with E-state index in [4.69, 9.17) is 9.84 Å². The molecular formula is C15H28N4O2. The Morgan fingerprint density at radius 2 is 1.90 bits per heavy atom. The molecule has 6 heteroatoms. The molecular weight excluding hydrogens is 268 g/mol. The lowest BCUT2D eigenvalue weighted by Gasteiger charge is -2.24. The van der Waals surface area contributed by atoms with E-state index in [1.54, 1.807) is 7.11 Å². The second kappa shape index (κ2) is 8.79. The van der Waals surface area contributed by atoms with Crippen LogP contribution in [-0.2, 0) is 11.3 Å². The van der Waals surface area contributed by atoms with Crippen molar-refractivity contribution in [1.82, 2.24) is 9.97 Å². The number of aliphatic hydroxyl groups is 1. The maximum atomic E-state index is 9.07. The number of hydrogen-bond donors (Lipinski definition) is 3. The Morgan fingerprint density at radius 3 is 2.48 bits per heavy atom. The fraction of sp³-hybridized carbons (Fsp3) is 0.733. The van der Waals surface area contributed by atoms with Gasteiger partial charge in [0.1, 0.15) is 18.2 Å². The zero-order valence-corrected chi connectivity index (χ0v) is 13.6. The Hall–Kier alpha value is -1.40. The first kappa shape index (κ1) is 17.7. The molecule has 1 aromatic rings. The highest BCUT2D eigenvalue weighted by Gasteiger charge is 2.17. The lowest BCUT2D eigenvalue weighted by Crippen LogP contribution is -2.25. The van der Waals surface area contributed by atoms with Crippen molar-refractivity contribution in [3.63, 3.8) is 0 Å². The first-order valence-corrected chi connectivity index (χ1v) is 7.46. The Morgan fingerprint density at radius 1 is 1.24 bits per heavy atom. The number of hydrogen-bond acceptors (Lipinski definition) is 6. The van der Waals surface area contributed by atoms with Gasteiger partial charge in [0.05, 0.1) is 0 Å². The van der Waals surface area contributed by atoms with E-state index >= 15 is 0 Å². The Balaban J connectivity index is 2.77. The van der Waals surface area contributed by atoms with Crippen molar-refractivity contribution in [2.75, 3.05) is 37.4 Å². The normalized spacial score (nSPS) is 11.5. The maximum Gasteiger partial charge on any atom is 0.158 e. The molecule has 0 bridgehead atoms. The van der Waals surface area contributed by atoms with Crippen LogP contribution in [0.15, 0.2) is 6.07 Å². The SMILES string of the molecule is CCCNc1cc(NCC(C)(C)CCO)nc(COC)n1. The van der Waals surface area contributed by atoms with Crippen LogP contribution in [0.25, 0.3) is 0 Å². The number of nitrogens with zero attached hydrogens (tertiary/aromatic N) is 2. The Bertz CT molecular complexity index is 424. The van der Waals surface area contributed by atoms with E-state index in [2.05, 4.69) is 41.4 Å². The fourth-order valence-corrected chi connectivity index (χ4v) is 1.85. The van der Waals surface area contributed by atoms with Crippen LogP contribution in [0.1, 0.15) is 39.4 Å². The molecule has 1 heterocycles. The molecule has 0 aliphatic carbocycles. The number of ether oxygens (including phenoxy) is 1. The van der Waals surface area contributed by atoms with Gasteiger partial charge in [-0.3, -0.25) is 0 Å². The van der Waals surface area contributed by atoms with Gasteiger partial charge < -0.3 is 20.5 Å². The molecule has 1 rings (SSSR count). The highest BCUT2D eigenvalue weighted by molar-refractivity contribution is 5.47. The summed E-state index contributed by atoms with van der Waals surface area (Å²) >= 11 is 0. The van der Waals surface area contributed by atoms with Crippen LogP contribution in [0.2, 0.25) is 0 Å². The van der Waals surface area contributed by atoms with Crippen molar-refractivity contribution >= 4 is 11.6 Å². The van der Waals surface area contributed by atoms with Gasteiger partial charge in [-0.05, 0) is 18.3 Å². The van der Waals surface area contributed by atoms with E-state index in [9.17, 15) is 0 Å². The molecule has 0 aromatic carbocycles. The summed E-state index contributed by atoms with van der Waals surface area (Å²) < 4.78 is 5.11. The third-order valence-electron chi connectivity index (χ3n) is 3.14. The van der Waals surface area contributed by atoms with Gasteiger partial charge in [0.25, 0.3) is 0 Å². The molecule has 0 unspecified atom stereocenters. The molecule has 0 amide bonds. The highest BCUT2D eigenvalue weighted by Crippen LogP contribution is 2.21. The van der Waals surface area contributed by atoms with Crippen molar-refractivity contribution in [3.05, 3.63) is 11.9 Å². The molecule has 0 fully saturated rings. The van der Waals surface area contributed by atoms with Crippen LogP contribution in [0.5, 0.6) is 0 Å². The van der Waals surface area contributed by atoms with Crippen molar-refractivity contribution < 1.29 is 9.84 Å². The third-order valence-corrected chi connectivity index (χ3v) is 3.14. The van der Waals surface area contributed by atoms with Crippen molar-refractivity contribution in [2.24, 2.45) is 5.41 Å². The average molecular weight is 296 g/mol. The lowest BCUT2D eigenvalue weighted by atomic mass is 9.90. The van der Waals surface area contributed by atoms with E-state index in [-0.39, 0.29) is 12.0 Å². The molecule has 0 radical (unpaired) electrons. The molecule has 3 N–H and O–H groups in total. The van der Waals surface area contributed by atoms with E-state index in [1.165, 1.54) is 0 Å². The topological polar surface area (TPSA) is 79.3 Å². The molecule has 120 valence electrons. The summed E-state index contributed by atoms with van der Waals surface area (Å²) in [7, 11) is 1.63. The molecule has 0 spiro atoms. The van der Waals surface area contributed by atoms with Gasteiger partial charge in [0.2, 0.25) is 0 Å². The largest absolute Gasteiger partial charge is 0.396 e. The van der Waals surface area contributed by atoms with Crippen LogP contribution in [-0.4, -0.2) is 41.9 Å². The number of aromatic nitrogens is 2. The van der Waals surface area contributed by atoms with E-state index in [1.807, 2.05) is 6.07 Å². The predicted molar refractivity (Wildman–Crippen MR) is 85.5 cm³/mol. The van der Waals surface area contributed by atoms with Gasteiger partial charge in [-0.2, -0.15) is 0 Å². The molecule has 0 aliphatic heterocycles. The second-order valence-electron chi connectivity index (χ2n) is 5.91. The summed E-state index contributed by atoms with van der Waals surface area (Å²) in [5.74, 6) is 2.24. The van der Waals surface area contributed by atoms with E-state index < -0.39 is 0 Å². The average Bonchev–Trinajstić information content (AvgIpc) is 2.43. The number of rotatable bonds is 10. The first-order chi connectivity index (χ1) is 10.0. The molecule has 6 nitrogen and oxygen atoms in total. The van der Waals surface area contributed by atoms with Crippen LogP contribution < -0.4 is 10.6 Å². The van der Waals surface area contributed by atoms with Crippen molar-refractivity contribution in [3.8, 4) is 0 Å². The quantitative estimate of drug-likeness (QED) is 0.614. The minimum atomic E-state index is 0.0120. The van der Waals surface area contributed by atoms with Gasteiger partial charge in [-0.1, -0.05) is 20.8 Å². The molecule has 21 heavy (non-hydrogen) atoms. The zero-order chi connectivity index (χ0) is 15.7. The molecule has 0 aliphatic rings. The fourth-order valence-electron chi connectivity index (χ4n) is 1.85. The summed E-state index contributed by atoms with van der Waals surface area (Å²) in [5, 5.41) is 15.7. The monoisotopic (exact) mass is 296 g/mol. The van der Waals surface area contributed by atoms with E-state index in [0.29, 0.717) is 12.4 Å². The molecule has 0 saturated heterocycles. The third kappa shape index (κ3) is 6.73. The lowest BCUT2D eigenvalue weighted by molar-refractivity contribution is 0.178. The number of methoxy groups -OCH3 is 1. The predicted octanol–water partition coefficient (Wildman–Crippen LogP) is 2.27. The number of aliphatic hydroxyl groups excluding tert-OH is 1. The van der Waals surface area contributed by atoms with Gasteiger partial charge in [0.15, 0.2) is 5.82 Å². The van der Waals surface area contributed by atoms with Gasteiger partial charge in [-0.15, -0.1) is 0 Å². The first-order valence-electron chi connectivity index (χ1n) is 7.46. The molecule has 0 saturated carbocycles. The summed E-state index contributed by atoms with van der Waals surface area (Å²) in [6.45, 7) is 8.53. The van der Waals surface area contributed by atoms with Crippen LogP contribution >= 0.6 is 0 Å². The highest BCUT2D eigenvalue weighted by atomic mass is 16.5. The zero-order valence-electron chi connectivity index (χ0n) is 13.6. The summed E-state index contributed by atoms with van der Waals surface area (Å²) in [6, 6.07) is 1.91. The van der Waals surface area contributed by atoms with Crippen LogP contribution in [0.3, 0.4) is 0 Å². The summed E-state index contributed by atoms with van der Waals surface area (Å²) in [6.07, 6.45) is 1.78. The van der Waals surface area contributed by atoms with Gasteiger partial charge in [0, 0.05) is 32.9 Å². The minimum absolute atomic E-state index is 0.0120. The van der Waals surface area contributed by atoms with Crippen LogP contribution in [0.4, 0.5) is 11.6 Å².